The lowest BCUT2D eigenvalue weighted by Crippen LogP contribution is -2.43. The fourth-order valence-electron chi connectivity index (χ4n) is 2.55. The van der Waals surface area contributed by atoms with E-state index in [1.54, 1.807) is 6.07 Å². The van der Waals surface area contributed by atoms with Gasteiger partial charge in [-0.2, -0.15) is 4.31 Å². The Kier molecular flexibility index (Phi) is 5.12. The Morgan fingerprint density at radius 1 is 1.40 bits per heavy atom. The van der Waals surface area contributed by atoms with Gasteiger partial charge in [-0.1, -0.05) is 19.1 Å². The Morgan fingerprint density at radius 3 is 2.85 bits per heavy atom. The molecule has 4 nitrogen and oxygen atoms in total. The van der Waals surface area contributed by atoms with Crippen LogP contribution in [-0.4, -0.2) is 38.9 Å². The zero-order chi connectivity index (χ0) is 14.6. The predicted molar refractivity (Wildman–Crippen MR) is 76.4 cm³/mol. The summed E-state index contributed by atoms with van der Waals surface area (Å²) in [4.78, 5) is -0.218. The number of hydrogen-bond donors (Lipinski definition) is 1. The van der Waals surface area contributed by atoms with Crippen LogP contribution in [0.5, 0.6) is 0 Å². The van der Waals surface area contributed by atoms with Gasteiger partial charge in [0.15, 0.2) is 0 Å². The summed E-state index contributed by atoms with van der Waals surface area (Å²) in [6.07, 6.45) is 1.83. The third kappa shape index (κ3) is 3.37. The van der Waals surface area contributed by atoms with Crippen LogP contribution in [0.3, 0.4) is 0 Å². The van der Waals surface area contributed by atoms with E-state index in [0.717, 1.165) is 25.9 Å². The topological polar surface area (TPSA) is 49.4 Å². The van der Waals surface area contributed by atoms with Crippen molar-refractivity contribution in [1.82, 2.24) is 9.62 Å². The van der Waals surface area contributed by atoms with Crippen molar-refractivity contribution < 1.29 is 12.8 Å². The molecule has 6 heteroatoms. The third-order valence-corrected chi connectivity index (χ3v) is 5.52. The van der Waals surface area contributed by atoms with E-state index in [2.05, 4.69) is 5.32 Å². The maximum Gasteiger partial charge on any atom is 0.245 e. The number of piperidine rings is 1. The lowest BCUT2D eigenvalue weighted by Gasteiger charge is -2.32. The second-order valence-corrected chi connectivity index (χ2v) is 7.02. The highest BCUT2D eigenvalue weighted by Crippen LogP contribution is 2.24. The first-order valence-corrected chi connectivity index (χ1v) is 8.45. The maximum absolute atomic E-state index is 13.7. The van der Waals surface area contributed by atoms with Gasteiger partial charge >= 0.3 is 0 Å². The largest absolute Gasteiger partial charge is 0.317 e. The van der Waals surface area contributed by atoms with Crippen molar-refractivity contribution in [2.45, 2.75) is 24.7 Å². The summed E-state index contributed by atoms with van der Waals surface area (Å²) in [5, 5.41) is 3.25. The number of rotatable bonds is 5. The lowest BCUT2D eigenvalue weighted by atomic mass is 10.00. The number of nitrogens with zero attached hydrogens (tertiary/aromatic N) is 1. The van der Waals surface area contributed by atoms with Crippen molar-refractivity contribution in [3.8, 4) is 0 Å². The normalized spacial score (nSPS) is 21.0. The van der Waals surface area contributed by atoms with E-state index in [0.29, 0.717) is 19.0 Å². The van der Waals surface area contributed by atoms with Crippen LogP contribution in [0.1, 0.15) is 19.8 Å². The average Bonchev–Trinajstić information content (AvgIpc) is 2.45. The van der Waals surface area contributed by atoms with Gasteiger partial charge in [0, 0.05) is 13.1 Å². The minimum absolute atomic E-state index is 0.218. The van der Waals surface area contributed by atoms with Crippen LogP contribution >= 0.6 is 0 Å². The summed E-state index contributed by atoms with van der Waals surface area (Å²) in [6.45, 7) is 4.63. The summed E-state index contributed by atoms with van der Waals surface area (Å²) in [5.41, 5.74) is 0. The summed E-state index contributed by atoms with van der Waals surface area (Å²) >= 11 is 0. The first-order chi connectivity index (χ1) is 9.55. The van der Waals surface area contributed by atoms with Gasteiger partial charge in [-0.05, 0) is 44.0 Å². The van der Waals surface area contributed by atoms with Crippen molar-refractivity contribution in [3.05, 3.63) is 30.1 Å². The van der Waals surface area contributed by atoms with Crippen molar-refractivity contribution in [2.75, 3.05) is 26.2 Å². The van der Waals surface area contributed by atoms with E-state index >= 15 is 0 Å². The Bertz CT molecular complexity index is 548. The molecular formula is C14H21FN2O2S. The highest BCUT2D eigenvalue weighted by Gasteiger charge is 2.31. The van der Waals surface area contributed by atoms with Crippen molar-refractivity contribution >= 4 is 10.0 Å². The van der Waals surface area contributed by atoms with Crippen LogP contribution in [0.4, 0.5) is 4.39 Å². The molecule has 0 amide bonds. The molecule has 1 unspecified atom stereocenters. The van der Waals surface area contributed by atoms with Gasteiger partial charge in [0.05, 0.1) is 0 Å². The molecule has 0 radical (unpaired) electrons. The van der Waals surface area contributed by atoms with E-state index in [1.807, 2.05) is 6.92 Å². The molecule has 1 aromatic carbocycles. The maximum atomic E-state index is 13.7. The van der Waals surface area contributed by atoms with Gasteiger partial charge in [0.1, 0.15) is 10.7 Å². The van der Waals surface area contributed by atoms with Crippen LogP contribution in [-0.2, 0) is 10.0 Å². The average molecular weight is 300 g/mol. The first kappa shape index (κ1) is 15.4. The van der Waals surface area contributed by atoms with Crippen molar-refractivity contribution in [2.24, 2.45) is 5.92 Å². The van der Waals surface area contributed by atoms with Crippen molar-refractivity contribution in [3.63, 3.8) is 0 Å². The standard InChI is InChI=1S/C14H21FN2O2S/c1-2-16-10-12-6-5-9-17(11-12)20(18,19)14-8-4-3-7-13(14)15/h3-4,7-8,12,16H,2,5-6,9-11H2,1H3. The molecule has 1 aromatic rings. The number of benzene rings is 1. The fraction of sp³-hybridized carbons (Fsp3) is 0.571. The summed E-state index contributed by atoms with van der Waals surface area (Å²) in [7, 11) is -3.72. The van der Waals surface area contributed by atoms with E-state index in [9.17, 15) is 12.8 Å². The quantitative estimate of drug-likeness (QED) is 0.902. The summed E-state index contributed by atoms with van der Waals surface area (Å²) < 4.78 is 40.1. The SMILES string of the molecule is CCNCC1CCCN(S(=O)(=O)c2ccccc2F)C1. The number of halogens is 1. The molecule has 1 saturated heterocycles. The van der Waals surface area contributed by atoms with Crippen molar-refractivity contribution in [1.29, 1.82) is 0 Å². The van der Waals surface area contributed by atoms with E-state index in [1.165, 1.54) is 22.5 Å². The second-order valence-electron chi connectivity index (χ2n) is 5.11. The van der Waals surface area contributed by atoms with Crippen LogP contribution in [0.25, 0.3) is 0 Å². The van der Waals surface area contributed by atoms with Gasteiger partial charge in [0.2, 0.25) is 10.0 Å². The minimum Gasteiger partial charge on any atom is -0.317 e. The monoisotopic (exact) mass is 300 g/mol. The minimum atomic E-state index is -3.72. The molecule has 112 valence electrons. The van der Waals surface area contributed by atoms with E-state index in [4.69, 9.17) is 0 Å². The fourth-order valence-corrected chi connectivity index (χ4v) is 4.17. The molecule has 2 rings (SSSR count). The molecule has 1 fully saturated rings. The predicted octanol–water partition coefficient (Wildman–Crippen LogP) is 1.84. The first-order valence-electron chi connectivity index (χ1n) is 7.01. The number of sulfonamides is 1. The molecule has 20 heavy (non-hydrogen) atoms. The molecule has 1 N–H and O–H groups in total. The van der Waals surface area contributed by atoms with E-state index in [-0.39, 0.29) is 4.90 Å². The number of nitrogens with one attached hydrogen (secondary N) is 1. The van der Waals surface area contributed by atoms with Gasteiger partial charge in [-0.25, -0.2) is 12.8 Å². The highest BCUT2D eigenvalue weighted by atomic mass is 32.2. The van der Waals surface area contributed by atoms with Crippen LogP contribution < -0.4 is 5.32 Å². The Labute approximate surface area is 120 Å². The van der Waals surface area contributed by atoms with Gasteiger partial charge in [0.25, 0.3) is 0 Å². The van der Waals surface area contributed by atoms with Crippen LogP contribution in [0, 0.1) is 11.7 Å². The molecule has 1 aliphatic heterocycles. The summed E-state index contributed by atoms with van der Waals surface area (Å²) in [6, 6.07) is 5.57. The lowest BCUT2D eigenvalue weighted by molar-refractivity contribution is 0.260. The van der Waals surface area contributed by atoms with E-state index < -0.39 is 15.8 Å². The molecule has 1 heterocycles. The molecule has 0 saturated carbocycles. The smallest absolute Gasteiger partial charge is 0.245 e. The zero-order valence-corrected chi connectivity index (χ0v) is 12.5. The molecule has 1 aliphatic rings. The van der Waals surface area contributed by atoms with Gasteiger partial charge in [-0.3, -0.25) is 0 Å². The number of hydrogen-bond acceptors (Lipinski definition) is 3. The molecule has 0 bridgehead atoms. The molecule has 0 spiro atoms. The second kappa shape index (κ2) is 6.65. The highest BCUT2D eigenvalue weighted by molar-refractivity contribution is 7.89. The molecule has 0 aliphatic carbocycles. The Hall–Kier alpha value is -0.980. The Morgan fingerprint density at radius 2 is 2.15 bits per heavy atom. The Balaban J connectivity index is 2.15. The zero-order valence-electron chi connectivity index (χ0n) is 11.7. The third-order valence-electron chi connectivity index (χ3n) is 3.62. The molecule has 1 atom stereocenters. The summed E-state index contributed by atoms with van der Waals surface area (Å²) in [5.74, 6) is -0.383. The van der Waals surface area contributed by atoms with Crippen LogP contribution in [0.2, 0.25) is 0 Å². The van der Waals surface area contributed by atoms with Gasteiger partial charge < -0.3 is 5.32 Å². The van der Waals surface area contributed by atoms with Gasteiger partial charge in [-0.15, -0.1) is 0 Å². The molecule has 0 aromatic heterocycles. The van der Waals surface area contributed by atoms with Crippen LogP contribution in [0.15, 0.2) is 29.2 Å². The molecular weight excluding hydrogens is 279 g/mol.